The van der Waals surface area contributed by atoms with Crippen LogP contribution in [0.4, 0.5) is 0 Å². The topological polar surface area (TPSA) is 60.2 Å². The third kappa shape index (κ3) is 3.95. The van der Waals surface area contributed by atoms with Gasteiger partial charge in [0.2, 0.25) is 11.7 Å². The van der Waals surface area contributed by atoms with E-state index < -0.39 is 0 Å². The van der Waals surface area contributed by atoms with E-state index in [9.17, 15) is 0 Å². The number of hydrogen-bond donors (Lipinski definition) is 1. The van der Waals surface area contributed by atoms with Gasteiger partial charge in [-0.15, -0.1) is 0 Å². The molecule has 1 heterocycles. The number of ether oxygens (including phenoxy) is 1. The summed E-state index contributed by atoms with van der Waals surface area (Å²) in [6.45, 7) is 5.98. The number of nitrogens with zero attached hydrogens (tertiary/aromatic N) is 2. The van der Waals surface area contributed by atoms with E-state index in [1.165, 1.54) is 0 Å². The number of aromatic nitrogens is 2. The van der Waals surface area contributed by atoms with Crippen LogP contribution in [-0.4, -0.2) is 16.7 Å². The molecule has 0 radical (unpaired) electrons. The van der Waals surface area contributed by atoms with Gasteiger partial charge in [0.1, 0.15) is 5.75 Å². The van der Waals surface area contributed by atoms with Crippen molar-refractivity contribution in [1.82, 2.24) is 15.5 Å². The SMILES string of the molecule is CCNCc1ccc(OCc2noc(CC)n2)c(Cl)c1. The summed E-state index contributed by atoms with van der Waals surface area (Å²) in [4.78, 5) is 4.18. The molecule has 0 aliphatic rings. The van der Waals surface area contributed by atoms with Crippen LogP contribution in [0.5, 0.6) is 5.75 Å². The first-order chi connectivity index (χ1) is 9.72. The number of hydrogen-bond acceptors (Lipinski definition) is 5. The summed E-state index contributed by atoms with van der Waals surface area (Å²) in [5.41, 5.74) is 1.12. The van der Waals surface area contributed by atoms with Crippen LogP contribution >= 0.6 is 11.6 Å². The summed E-state index contributed by atoms with van der Waals surface area (Å²) < 4.78 is 10.6. The number of rotatable bonds is 7. The Hall–Kier alpha value is -1.59. The van der Waals surface area contributed by atoms with Gasteiger partial charge in [-0.3, -0.25) is 0 Å². The summed E-state index contributed by atoms with van der Waals surface area (Å²) in [6.07, 6.45) is 0.715. The van der Waals surface area contributed by atoms with E-state index in [1.54, 1.807) is 0 Å². The van der Waals surface area contributed by atoms with Gasteiger partial charge in [-0.2, -0.15) is 4.98 Å². The standard InChI is InChI=1S/C14H18ClN3O2/c1-3-14-17-13(18-20-14)9-19-12-6-5-10(7-11(12)15)8-16-4-2/h5-7,16H,3-4,8-9H2,1-2H3. The van der Waals surface area contributed by atoms with Gasteiger partial charge in [0, 0.05) is 13.0 Å². The highest BCUT2D eigenvalue weighted by Gasteiger charge is 2.07. The van der Waals surface area contributed by atoms with Crippen molar-refractivity contribution in [3.05, 3.63) is 40.5 Å². The van der Waals surface area contributed by atoms with Crippen LogP contribution in [0.15, 0.2) is 22.7 Å². The maximum absolute atomic E-state index is 6.19. The predicted octanol–water partition coefficient (Wildman–Crippen LogP) is 2.97. The van der Waals surface area contributed by atoms with Gasteiger partial charge >= 0.3 is 0 Å². The zero-order valence-electron chi connectivity index (χ0n) is 11.6. The Balaban J connectivity index is 1.95. The number of aryl methyl sites for hydroxylation is 1. The van der Waals surface area contributed by atoms with E-state index in [0.717, 1.165) is 18.7 Å². The molecule has 0 saturated carbocycles. The zero-order valence-corrected chi connectivity index (χ0v) is 12.4. The second-order valence-corrected chi connectivity index (χ2v) is 4.70. The second kappa shape index (κ2) is 7.26. The Bertz CT molecular complexity index is 557. The van der Waals surface area contributed by atoms with Crippen LogP contribution in [0.1, 0.15) is 31.1 Å². The lowest BCUT2D eigenvalue weighted by Crippen LogP contribution is -2.11. The zero-order chi connectivity index (χ0) is 14.4. The monoisotopic (exact) mass is 295 g/mol. The average Bonchev–Trinajstić information content (AvgIpc) is 2.92. The highest BCUT2D eigenvalue weighted by Crippen LogP contribution is 2.26. The Morgan fingerprint density at radius 1 is 1.35 bits per heavy atom. The molecule has 5 nitrogen and oxygen atoms in total. The molecule has 2 rings (SSSR count). The largest absolute Gasteiger partial charge is 0.484 e. The van der Waals surface area contributed by atoms with E-state index in [0.29, 0.717) is 28.9 Å². The molecule has 0 saturated heterocycles. The predicted molar refractivity (Wildman–Crippen MR) is 76.8 cm³/mol. The highest BCUT2D eigenvalue weighted by molar-refractivity contribution is 6.32. The first-order valence-electron chi connectivity index (χ1n) is 6.66. The third-order valence-electron chi connectivity index (χ3n) is 2.74. The Kier molecular flexibility index (Phi) is 5.38. The Morgan fingerprint density at radius 2 is 2.20 bits per heavy atom. The molecule has 0 fully saturated rings. The fourth-order valence-electron chi connectivity index (χ4n) is 1.68. The van der Waals surface area contributed by atoms with Gasteiger partial charge < -0.3 is 14.6 Å². The van der Waals surface area contributed by atoms with E-state index in [2.05, 4.69) is 22.4 Å². The minimum absolute atomic E-state index is 0.246. The normalized spacial score (nSPS) is 10.8. The van der Waals surface area contributed by atoms with Crippen molar-refractivity contribution < 1.29 is 9.26 Å². The summed E-state index contributed by atoms with van der Waals surface area (Å²) in [7, 11) is 0. The summed E-state index contributed by atoms with van der Waals surface area (Å²) in [5.74, 6) is 1.75. The van der Waals surface area contributed by atoms with Gasteiger partial charge in [0.25, 0.3) is 0 Å². The number of nitrogens with one attached hydrogen (secondary N) is 1. The molecule has 108 valence electrons. The maximum Gasteiger partial charge on any atom is 0.226 e. The fourth-order valence-corrected chi connectivity index (χ4v) is 1.93. The van der Waals surface area contributed by atoms with Crippen LogP contribution in [0, 0.1) is 0 Å². The Morgan fingerprint density at radius 3 is 2.85 bits per heavy atom. The van der Waals surface area contributed by atoms with Crippen molar-refractivity contribution in [3.8, 4) is 5.75 Å². The molecule has 1 aromatic carbocycles. The molecule has 0 bridgehead atoms. The molecule has 1 N–H and O–H groups in total. The molecular formula is C14H18ClN3O2. The van der Waals surface area contributed by atoms with E-state index >= 15 is 0 Å². The van der Waals surface area contributed by atoms with Crippen LogP contribution < -0.4 is 10.1 Å². The van der Waals surface area contributed by atoms with Crippen LogP contribution in [0.2, 0.25) is 5.02 Å². The van der Waals surface area contributed by atoms with E-state index in [4.69, 9.17) is 20.9 Å². The van der Waals surface area contributed by atoms with Crippen molar-refractivity contribution >= 4 is 11.6 Å². The molecule has 6 heteroatoms. The fraction of sp³-hybridized carbons (Fsp3) is 0.429. The molecule has 1 aromatic heterocycles. The molecule has 0 spiro atoms. The third-order valence-corrected chi connectivity index (χ3v) is 3.04. The second-order valence-electron chi connectivity index (χ2n) is 4.29. The van der Waals surface area contributed by atoms with Crippen LogP contribution in [0.3, 0.4) is 0 Å². The van der Waals surface area contributed by atoms with Crippen molar-refractivity contribution in [1.29, 1.82) is 0 Å². The lowest BCUT2D eigenvalue weighted by atomic mass is 10.2. The van der Waals surface area contributed by atoms with Gasteiger partial charge in [-0.05, 0) is 24.2 Å². The molecule has 2 aromatic rings. The lowest BCUT2D eigenvalue weighted by molar-refractivity contribution is 0.285. The molecule has 0 aliphatic carbocycles. The summed E-state index contributed by atoms with van der Waals surface area (Å²) in [5, 5.41) is 7.66. The number of benzene rings is 1. The Labute approximate surface area is 123 Å². The highest BCUT2D eigenvalue weighted by atomic mass is 35.5. The smallest absolute Gasteiger partial charge is 0.226 e. The van der Waals surface area contributed by atoms with Gasteiger partial charge in [0.05, 0.1) is 5.02 Å². The first-order valence-corrected chi connectivity index (χ1v) is 7.04. The van der Waals surface area contributed by atoms with Gasteiger partial charge in [0.15, 0.2) is 6.61 Å². The van der Waals surface area contributed by atoms with E-state index in [-0.39, 0.29) is 6.61 Å². The first kappa shape index (κ1) is 14.8. The van der Waals surface area contributed by atoms with Gasteiger partial charge in [-0.1, -0.05) is 36.7 Å². The molecule has 0 unspecified atom stereocenters. The molecule has 20 heavy (non-hydrogen) atoms. The minimum atomic E-state index is 0.246. The lowest BCUT2D eigenvalue weighted by Gasteiger charge is -2.08. The maximum atomic E-state index is 6.19. The number of halogens is 1. The van der Waals surface area contributed by atoms with Crippen LogP contribution in [0.25, 0.3) is 0 Å². The quantitative estimate of drug-likeness (QED) is 0.851. The van der Waals surface area contributed by atoms with Crippen molar-refractivity contribution in [3.63, 3.8) is 0 Å². The summed E-state index contributed by atoms with van der Waals surface area (Å²) in [6, 6.07) is 5.74. The van der Waals surface area contributed by atoms with Crippen molar-refractivity contribution in [2.45, 2.75) is 33.4 Å². The average molecular weight is 296 g/mol. The molecule has 0 amide bonds. The van der Waals surface area contributed by atoms with Crippen molar-refractivity contribution in [2.75, 3.05) is 6.54 Å². The molecular weight excluding hydrogens is 278 g/mol. The van der Waals surface area contributed by atoms with Crippen molar-refractivity contribution in [2.24, 2.45) is 0 Å². The molecule has 0 aliphatic heterocycles. The minimum Gasteiger partial charge on any atom is -0.484 e. The van der Waals surface area contributed by atoms with Crippen LogP contribution in [-0.2, 0) is 19.6 Å². The van der Waals surface area contributed by atoms with E-state index in [1.807, 2.05) is 25.1 Å². The van der Waals surface area contributed by atoms with Gasteiger partial charge in [-0.25, -0.2) is 0 Å². The molecule has 0 atom stereocenters. The summed E-state index contributed by atoms with van der Waals surface area (Å²) >= 11 is 6.19.